The normalized spacial score (nSPS) is 20.5. The summed E-state index contributed by atoms with van der Waals surface area (Å²) < 4.78 is 43.2. The van der Waals surface area contributed by atoms with Crippen molar-refractivity contribution >= 4 is 29.6 Å². The van der Waals surface area contributed by atoms with Crippen LogP contribution < -0.4 is 15.6 Å². The van der Waals surface area contributed by atoms with E-state index in [1.807, 2.05) is 0 Å². The van der Waals surface area contributed by atoms with Crippen molar-refractivity contribution in [2.45, 2.75) is 31.5 Å². The van der Waals surface area contributed by atoms with Crippen molar-refractivity contribution in [2.75, 3.05) is 24.6 Å². The van der Waals surface area contributed by atoms with Crippen molar-refractivity contribution in [3.05, 3.63) is 59.8 Å². The number of rotatable bonds is 6. The van der Waals surface area contributed by atoms with Gasteiger partial charge in [-0.3, -0.25) is 19.8 Å². The molecule has 2 aliphatic rings. The number of imide groups is 1. The van der Waals surface area contributed by atoms with E-state index in [1.54, 1.807) is 35.2 Å². The van der Waals surface area contributed by atoms with Crippen LogP contribution in [0.5, 0.6) is 0 Å². The second kappa shape index (κ2) is 10.1. The highest BCUT2D eigenvalue weighted by atomic mass is 19.4. The maximum absolute atomic E-state index is 12.8. The van der Waals surface area contributed by atoms with Crippen LogP contribution in [0.25, 0.3) is 0 Å². The smallest absolute Gasteiger partial charge is 0.417 e. The standard InChI is InChI=1S/C24H24F3N5O5/c1-23(16-5-3-2-4-6-16)21(35)32(22(36)29-23)30-19(33)14-37-20(34)15-9-11-31(12-10-15)18-8-7-17(13-28-18)24(25,26)27/h2-8,13,15H,9-12,14H2,1H3,(H,29,36)(H,30,33). The number of ether oxygens (including phenoxy) is 1. The zero-order chi connectivity index (χ0) is 26.8. The zero-order valence-electron chi connectivity index (χ0n) is 19.7. The topological polar surface area (TPSA) is 121 Å². The molecule has 3 heterocycles. The fraction of sp³-hybridized carbons (Fsp3) is 0.375. The van der Waals surface area contributed by atoms with Gasteiger partial charge in [-0.05, 0) is 37.5 Å². The van der Waals surface area contributed by atoms with E-state index in [0.717, 1.165) is 12.3 Å². The van der Waals surface area contributed by atoms with E-state index < -0.39 is 53.6 Å². The first-order valence-electron chi connectivity index (χ1n) is 11.5. The largest absolute Gasteiger partial charge is 0.455 e. The number of alkyl halides is 3. The molecule has 0 saturated carbocycles. The summed E-state index contributed by atoms with van der Waals surface area (Å²) in [7, 11) is 0. The van der Waals surface area contributed by atoms with Crippen LogP contribution >= 0.6 is 0 Å². The molecule has 2 aromatic rings. The Morgan fingerprint density at radius 2 is 1.81 bits per heavy atom. The monoisotopic (exact) mass is 519 g/mol. The quantitative estimate of drug-likeness (QED) is 0.444. The third-order valence-corrected chi connectivity index (χ3v) is 6.35. The molecule has 2 saturated heterocycles. The van der Waals surface area contributed by atoms with Gasteiger partial charge >= 0.3 is 18.2 Å². The van der Waals surface area contributed by atoms with Gasteiger partial charge in [-0.2, -0.15) is 18.2 Å². The minimum absolute atomic E-state index is 0.353. The van der Waals surface area contributed by atoms with Crippen molar-refractivity contribution in [3.63, 3.8) is 0 Å². The number of aromatic nitrogens is 1. The highest BCUT2D eigenvalue weighted by Crippen LogP contribution is 2.30. The Morgan fingerprint density at radius 3 is 2.41 bits per heavy atom. The van der Waals surface area contributed by atoms with Gasteiger partial charge in [0.1, 0.15) is 11.4 Å². The number of hydrogen-bond donors (Lipinski definition) is 2. The molecule has 1 aromatic carbocycles. The molecule has 37 heavy (non-hydrogen) atoms. The maximum atomic E-state index is 12.8. The minimum Gasteiger partial charge on any atom is -0.455 e. The third kappa shape index (κ3) is 5.49. The average molecular weight is 519 g/mol. The Balaban J connectivity index is 1.25. The van der Waals surface area contributed by atoms with Gasteiger partial charge in [-0.15, -0.1) is 0 Å². The Hall–Kier alpha value is -4.16. The summed E-state index contributed by atoms with van der Waals surface area (Å²) in [6, 6.07) is 9.95. The molecule has 0 radical (unpaired) electrons. The van der Waals surface area contributed by atoms with Gasteiger partial charge in [0.2, 0.25) is 0 Å². The van der Waals surface area contributed by atoms with Crippen LogP contribution in [0.15, 0.2) is 48.7 Å². The zero-order valence-corrected chi connectivity index (χ0v) is 19.7. The van der Waals surface area contributed by atoms with Crippen molar-refractivity contribution in [3.8, 4) is 0 Å². The lowest BCUT2D eigenvalue weighted by molar-refractivity contribution is -0.154. The highest BCUT2D eigenvalue weighted by molar-refractivity contribution is 6.08. The van der Waals surface area contributed by atoms with Gasteiger partial charge in [0.25, 0.3) is 11.8 Å². The summed E-state index contributed by atoms with van der Waals surface area (Å²) in [4.78, 5) is 55.5. The Bertz CT molecular complexity index is 1180. The van der Waals surface area contributed by atoms with E-state index in [2.05, 4.69) is 15.7 Å². The van der Waals surface area contributed by atoms with E-state index in [-0.39, 0.29) is 0 Å². The lowest BCUT2D eigenvalue weighted by Gasteiger charge is -2.31. The van der Waals surface area contributed by atoms with Gasteiger partial charge < -0.3 is 15.0 Å². The number of hydrogen-bond acceptors (Lipinski definition) is 7. The van der Waals surface area contributed by atoms with Crippen molar-refractivity contribution < 1.29 is 37.1 Å². The number of hydrazine groups is 1. The van der Waals surface area contributed by atoms with E-state index in [9.17, 15) is 32.3 Å². The summed E-state index contributed by atoms with van der Waals surface area (Å²) in [5.41, 5.74) is 0.496. The number of nitrogens with one attached hydrogen (secondary N) is 2. The first-order valence-corrected chi connectivity index (χ1v) is 11.5. The van der Waals surface area contributed by atoms with Gasteiger partial charge in [0.05, 0.1) is 11.5 Å². The molecule has 196 valence electrons. The second-order valence-corrected chi connectivity index (χ2v) is 8.87. The molecular weight excluding hydrogens is 495 g/mol. The van der Waals surface area contributed by atoms with Gasteiger partial charge in [-0.1, -0.05) is 30.3 Å². The van der Waals surface area contributed by atoms with Crippen molar-refractivity contribution in [2.24, 2.45) is 5.92 Å². The van der Waals surface area contributed by atoms with E-state index in [1.165, 1.54) is 13.0 Å². The van der Waals surface area contributed by atoms with Crippen LogP contribution in [0.3, 0.4) is 0 Å². The van der Waals surface area contributed by atoms with Crippen LogP contribution in [0.2, 0.25) is 0 Å². The number of anilines is 1. The Kier molecular flexibility index (Phi) is 7.05. The van der Waals surface area contributed by atoms with E-state index in [4.69, 9.17) is 4.74 Å². The average Bonchev–Trinajstić information content (AvgIpc) is 3.11. The molecular formula is C24H24F3N5O5. The van der Waals surface area contributed by atoms with Crippen molar-refractivity contribution in [1.29, 1.82) is 0 Å². The van der Waals surface area contributed by atoms with Crippen LogP contribution in [0.4, 0.5) is 23.8 Å². The molecule has 2 N–H and O–H groups in total. The SMILES string of the molecule is CC1(c2ccccc2)NC(=O)N(NC(=O)COC(=O)C2CCN(c3ccc(C(F)(F)F)cn3)CC2)C1=O. The highest BCUT2D eigenvalue weighted by Gasteiger charge is 2.50. The summed E-state index contributed by atoms with van der Waals surface area (Å²) >= 11 is 0. The molecule has 0 aliphatic carbocycles. The predicted molar refractivity (Wildman–Crippen MR) is 122 cm³/mol. The number of halogens is 3. The first kappa shape index (κ1) is 25.9. The van der Waals surface area contributed by atoms with E-state index in [0.29, 0.717) is 42.3 Å². The first-order chi connectivity index (χ1) is 17.5. The second-order valence-electron chi connectivity index (χ2n) is 8.87. The predicted octanol–water partition coefficient (Wildman–Crippen LogP) is 2.36. The molecule has 4 rings (SSSR count). The van der Waals surface area contributed by atoms with Gasteiger partial charge in [0, 0.05) is 19.3 Å². The number of piperidine rings is 1. The fourth-order valence-corrected chi connectivity index (χ4v) is 4.20. The number of carbonyl (C=O) groups excluding carboxylic acids is 4. The Labute approximate surface area is 209 Å². The van der Waals surface area contributed by atoms with Gasteiger partial charge in [0.15, 0.2) is 6.61 Å². The number of urea groups is 1. The number of amides is 4. The maximum Gasteiger partial charge on any atom is 0.417 e. The summed E-state index contributed by atoms with van der Waals surface area (Å²) in [6.45, 7) is 1.55. The molecule has 4 amide bonds. The minimum atomic E-state index is -4.47. The summed E-state index contributed by atoms with van der Waals surface area (Å²) in [5.74, 6) is -2.32. The molecule has 10 nitrogen and oxygen atoms in total. The van der Waals surface area contributed by atoms with Crippen LogP contribution in [-0.4, -0.2) is 53.5 Å². The van der Waals surface area contributed by atoms with E-state index >= 15 is 0 Å². The number of pyridine rings is 1. The summed E-state index contributed by atoms with van der Waals surface area (Å²) in [5, 5.41) is 3.10. The molecule has 2 aliphatic heterocycles. The van der Waals surface area contributed by atoms with Crippen LogP contribution in [-0.2, 0) is 30.8 Å². The molecule has 1 aromatic heterocycles. The molecule has 1 atom stereocenters. The summed E-state index contributed by atoms with van der Waals surface area (Å²) in [6.07, 6.45) is -3.00. The van der Waals surface area contributed by atoms with Gasteiger partial charge in [-0.25, -0.2) is 9.78 Å². The number of esters is 1. The lowest BCUT2D eigenvalue weighted by Crippen LogP contribution is -2.49. The molecule has 13 heteroatoms. The lowest BCUT2D eigenvalue weighted by atomic mass is 9.92. The Morgan fingerprint density at radius 1 is 1.14 bits per heavy atom. The fourth-order valence-electron chi connectivity index (χ4n) is 4.20. The molecule has 2 fully saturated rings. The van der Waals surface area contributed by atoms with Crippen molar-refractivity contribution in [1.82, 2.24) is 20.7 Å². The number of nitrogens with zero attached hydrogens (tertiary/aromatic N) is 3. The number of carbonyl (C=O) groups is 4. The molecule has 0 spiro atoms. The third-order valence-electron chi connectivity index (χ3n) is 6.35. The van der Waals surface area contributed by atoms with Crippen LogP contribution in [0, 0.1) is 5.92 Å². The molecule has 1 unspecified atom stereocenters. The number of benzene rings is 1. The molecule has 0 bridgehead atoms. The van der Waals surface area contributed by atoms with Crippen LogP contribution in [0.1, 0.15) is 30.9 Å².